The van der Waals surface area contributed by atoms with Gasteiger partial charge in [-0.3, -0.25) is 4.72 Å². The first-order valence-corrected chi connectivity index (χ1v) is 5.03. The zero-order valence-corrected chi connectivity index (χ0v) is 7.80. The van der Waals surface area contributed by atoms with Crippen molar-refractivity contribution in [3.8, 4) is 5.75 Å². The Kier molecular flexibility index (Phi) is 2.44. The summed E-state index contributed by atoms with van der Waals surface area (Å²) < 4.78 is 23.3. The maximum atomic E-state index is 10.6. The molecule has 0 saturated heterocycles. The van der Waals surface area contributed by atoms with Gasteiger partial charge in [-0.1, -0.05) is 0 Å². The third kappa shape index (κ3) is 2.92. The minimum absolute atomic E-state index is 0.111. The van der Waals surface area contributed by atoms with E-state index in [1.54, 1.807) is 6.92 Å². The van der Waals surface area contributed by atoms with E-state index in [0.29, 0.717) is 11.3 Å². The summed E-state index contributed by atoms with van der Waals surface area (Å²) in [7, 11) is -3.74. The van der Waals surface area contributed by atoms with Crippen molar-refractivity contribution in [2.24, 2.45) is 5.14 Å². The van der Waals surface area contributed by atoms with Crippen molar-refractivity contribution in [3.05, 3.63) is 23.8 Å². The first kappa shape index (κ1) is 9.82. The number of nitrogens with two attached hydrogens (primary N) is 1. The normalized spacial score (nSPS) is 11.2. The van der Waals surface area contributed by atoms with Crippen LogP contribution < -0.4 is 9.86 Å². The molecule has 6 heteroatoms. The molecule has 13 heavy (non-hydrogen) atoms. The van der Waals surface area contributed by atoms with Crippen LogP contribution in [0.25, 0.3) is 0 Å². The predicted octanol–water partition coefficient (Wildman–Crippen LogP) is 0.316. The van der Waals surface area contributed by atoms with Gasteiger partial charge in [0.05, 0.1) is 5.69 Å². The predicted molar refractivity (Wildman–Crippen MR) is 49.6 cm³/mol. The molecule has 0 heterocycles. The fourth-order valence-electron chi connectivity index (χ4n) is 0.883. The van der Waals surface area contributed by atoms with E-state index in [2.05, 4.69) is 4.72 Å². The monoisotopic (exact) mass is 202 g/mol. The van der Waals surface area contributed by atoms with Gasteiger partial charge in [-0.2, -0.15) is 8.42 Å². The summed E-state index contributed by atoms with van der Waals surface area (Å²) in [4.78, 5) is 0. The number of hydrogen-bond donors (Lipinski definition) is 3. The van der Waals surface area contributed by atoms with Crippen LogP contribution in [0.4, 0.5) is 5.69 Å². The zero-order chi connectivity index (χ0) is 10.1. The first-order chi connectivity index (χ1) is 5.88. The fraction of sp³-hybridized carbons (Fsp3) is 0.143. The Hall–Kier alpha value is -1.27. The molecule has 0 atom stereocenters. The molecule has 0 radical (unpaired) electrons. The molecule has 0 bridgehead atoms. The molecule has 5 nitrogen and oxygen atoms in total. The Morgan fingerprint density at radius 3 is 2.54 bits per heavy atom. The molecule has 1 rings (SSSR count). The number of anilines is 1. The summed E-state index contributed by atoms with van der Waals surface area (Å²) in [6, 6.07) is 4.30. The molecule has 0 fully saturated rings. The van der Waals surface area contributed by atoms with Crippen LogP contribution in [0, 0.1) is 6.92 Å². The van der Waals surface area contributed by atoms with E-state index in [0.717, 1.165) is 0 Å². The molecule has 0 unspecified atom stereocenters. The molecular formula is C7H10N2O3S. The van der Waals surface area contributed by atoms with E-state index in [4.69, 9.17) is 10.2 Å². The van der Waals surface area contributed by atoms with Gasteiger partial charge in [-0.15, -0.1) is 0 Å². The molecule has 0 aromatic heterocycles. The van der Waals surface area contributed by atoms with Gasteiger partial charge in [0.15, 0.2) is 0 Å². The summed E-state index contributed by atoms with van der Waals surface area (Å²) >= 11 is 0. The summed E-state index contributed by atoms with van der Waals surface area (Å²) in [5.74, 6) is 0.111. The summed E-state index contributed by atoms with van der Waals surface area (Å²) in [6.45, 7) is 1.66. The summed E-state index contributed by atoms with van der Waals surface area (Å²) in [5.41, 5.74) is 0.909. The molecule has 0 aliphatic rings. The summed E-state index contributed by atoms with van der Waals surface area (Å²) in [6.07, 6.45) is 0. The van der Waals surface area contributed by atoms with Crippen molar-refractivity contribution >= 4 is 15.9 Å². The highest BCUT2D eigenvalue weighted by molar-refractivity contribution is 7.90. The van der Waals surface area contributed by atoms with Gasteiger partial charge < -0.3 is 5.11 Å². The van der Waals surface area contributed by atoms with Gasteiger partial charge in [0, 0.05) is 0 Å². The van der Waals surface area contributed by atoms with Crippen LogP contribution in [0.5, 0.6) is 5.75 Å². The van der Waals surface area contributed by atoms with Crippen molar-refractivity contribution in [1.29, 1.82) is 0 Å². The van der Waals surface area contributed by atoms with Gasteiger partial charge in [0.1, 0.15) is 5.75 Å². The molecule has 4 N–H and O–H groups in total. The van der Waals surface area contributed by atoms with Crippen LogP contribution in [-0.4, -0.2) is 13.5 Å². The number of benzene rings is 1. The van der Waals surface area contributed by atoms with E-state index < -0.39 is 10.2 Å². The van der Waals surface area contributed by atoms with Crippen molar-refractivity contribution in [2.45, 2.75) is 6.92 Å². The van der Waals surface area contributed by atoms with Crippen LogP contribution in [0.15, 0.2) is 18.2 Å². The second kappa shape index (κ2) is 3.23. The summed E-state index contributed by atoms with van der Waals surface area (Å²) in [5, 5.41) is 13.9. The lowest BCUT2D eigenvalue weighted by atomic mass is 10.2. The number of hydrogen-bond acceptors (Lipinski definition) is 3. The molecule has 0 amide bonds. The molecule has 0 spiro atoms. The second-order valence-electron chi connectivity index (χ2n) is 2.65. The maximum Gasteiger partial charge on any atom is 0.296 e. The number of nitrogens with one attached hydrogen (secondary N) is 1. The first-order valence-electron chi connectivity index (χ1n) is 3.48. The van der Waals surface area contributed by atoms with E-state index >= 15 is 0 Å². The standard InChI is InChI=1S/C7H10N2O3S/c1-5-4-6(2-3-7(5)10)9-13(8,11)12/h2-4,9-10H,1H3,(H2,8,11,12). The lowest BCUT2D eigenvalue weighted by Gasteiger charge is -2.04. The topological polar surface area (TPSA) is 92.4 Å². The molecular weight excluding hydrogens is 192 g/mol. The van der Waals surface area contributed by atoms with Gasteiger partial charge in [0.25, 0.3) is 10.2 Å². The van der Waals surface area contributed by atoms with Crippen molar-refractivity contribution in [2.75, 3.05) is 4.72 Å². The Morgan fingerprint density at radius 2 is 2.08 bits per heavy atom. The number of aromatic hydroxyl groups is 1. The van der Waals surface area contributed by atoms with Gasteiger partial charge >= 0.3 is 0 Å². The lowest BCUT2D eigenvalue weighted by Crippen LogP contribution is -2.21. The minimum atomic E-state index is -3.74. The molecule has 1 aromatic carbocycles. The van der Waals surface area contributed by atoms with Crippen LogP contribution in [0.1, 0.15) is 5.56 Å². The van der Waals surface area contributed by atoms with Crippen molar-refractivity contribution < 1.29 is 13.5 Å². The van der Waals surface area contributed by atoms with E-state index in [9.17, 15) is 8.42 Å². The second-order valence-corrected chi connectivity index (χ2v) is 3.94. The van der Waals surface area contributed by atoms with Gasteiger partial charge in [0.2, 0.25) is 0 Å². The Bertz CT molecular complexity index is 414. The molecule has 1 aromatic rings. The van der Waals surface area contributed by atoms with E-state index in [1.807, 2.05) is 0 Å². The van der Waals surface area contributed by atoms with Gasteiger partial charge in [-0.25, -0.2) is 5.14 Å². The molecule has 0 saturated carbocycles. The van der Waals surface area contributed by atoms with Crippen LogP contribution in [0.3, 0.4) is 0 Å². The van der Waals surface area contributed by atoms with Crippen molar-refractivity contribution in [1.82, 2.24) is 0 Å². The average Bonchev–Trinajstić information content (AvgIpc) is 1.94. The van der Waals surface area contributed by atoms with E-state index in [-0.39, 0.29) is 5.75 Å². The van der Waals surface area contributed by atoms with Crippen LogP contribution in [0.2, 0.25) is 0 Å². The third-order valence-electron chi connectivity index (χ3n) is 1.46. The number of phenols is 1. The highest BCUT2D eigenvalue weighted by Crippen LogP contribution is 2.20. The Labute approximate surface area is 76.4 Å². The van der Waals surface area contributed by atoms with Crippen LogP contribution >= 0.6 is 0 Å². The highest BCUT2D eigenvalue weighted by atomic mass is 32.2. The van der Waals surface area contributed by atoms with Crippen molar-refractivity contribution in [3.63, 3.8) is 0 Å². The molecule has 0 aliphatic heterocycles. The quantitative estimate of drug-likeness (QED) is 0.603. The fourth-order valence-corrected chi connectivity index (χ4v) is 1.34. The lowest BCUT2D eigenvalue weighted by molar-refractivity contribution is 0.471. The Balaban J connectivity index is 2.99. The molecule has 72 valence electrons. The number of rotatable bonds is 2. The van der Waals surface area contributed by atoms with E-state index in [1.165, 1.54) is 18.2 Å². The maximum absolute atomic E-state index is 10.6. The SMILES string of the molecule is Cc1cc(NS(N)(=O)=O)ccc1O. The number of phenolic OH excluding ortho intramolecular Hbond substituents is 1. The molecule has 0 aliphatic carbocycles. The highest BCUT2D eigenvalue weighted by Gasteiger charge is 2.03. The van der Waals surface area contributed by atoms with Gasteiger partial charge in [-0.05, 0) is 30.7 Å². The largest absolute Gasteiger partial charge is 0.508 e. The smallest absolute Gasteiger partial charge is 0.296 e. The number of aryl methyl sites for hydroxylation is 1. The third-order valence-corrected chi connectivity index (χ3v) is 1.98. The average molecular weight is 202 g/mol. The minimum Gasteiger partial charge on any atom is -0.508 e. The zero-order valence-electron chi connectivity index (χ0n) is 6.98. The Morgan fingerprint density at radius 1 is 1.46 bits per heavy atom. The van der Waals surface area contributed by atoms with Crippen LogP contribution in [-0.2, 0) is 10.2 Å².